The summed E-state index contributed by atoms with van der Waals surface area (Å²) in [5.74, 6) is 2.77. The summed E-state index contributed by atoms with van der Waals surface area (Å²) in [6.45, 7) is 5.53. The van der Waals surface area contributed by atoms with Crippen molar-refractivity contribution in [2.75, 3.05) is 26.1 Å². The summed E-state index contributed by atoms with van der Waals surface area (Å²) in [4.78, 5) is 0. The van der Waals surface area contributed by atoms with Crippen molar-refractivity contribution in [2.45, 2.75) is 26.2 Å². The highest BCUT2D eigenvalue weighted by atomic mass is 16.5. The molecule has 0 aromatic heterocycles. The average Bonchev–Trinajstić information content (AvgIpc) is 2.56. The molecule has 0 unspecified atom stereocenters. The first-order valence-electron chi connectivity index (χ1n) is 7.89. The van der Waals surface area contributed by atoms with E-state index in [0.717, 1.165) is 12.2 Å². The van der Waals surface area contributed by atoms with Gasteiger partial charge in [0.05, 0.1) is 20.3 Å². The van der Waals surface area contributed by atoms with Crippen LogP contribution in [0.3, 0.4) is 0 Å². The Labute approximate surface area is 138 Å². The van der Waals surface area contributed by atoms with Gasteiger partial charge in [0.1, 0.15) is 5.75 Å². The maximum Gasteiger partial charge on any atom is 0.162 e. The number of methoxy groups -OCH3 is 1. The normalized spacial score (nSPS) is 10.6. The molecule has 0 saturated heterocycles. The van der Waals surface area contributed by atoms with Crippen molar-refractivity contribution in [1.82, 2.24) is 0 Å². The molecule has 0 spiro atoms. The van der Waals surface area contributed by atoms with Gasteiger partial charge in [-0.2, -0.15) is 0 Å². The number of hydrogen-bond donors (Lipinski definition) is 1. The molecule has 124 valence electrons. The van der Waals surface area contributed by atoms with Gasteiger partial charge in [0.2, 0.25) is 0 Å². The summed E-state index contributed by atoms with van der Waals surface area (Å²) in [7, 11) is 1.60. The van der Waals surface area contributed by atoms with E-state index in [9.17, 15) is 0 Å². The van der Waals surface area contributed by atoms with Crippen LogP contribution in [0.15, 0.2) is 42.5 Å². The number of hydrogen-bond acceptors (Lipinski definition) is 4. The zero-order valence-electron chi connectivity index (χ0n) is 14.0. The molecule has 2 aromatic rings. The van der Waals surface area contributed by atoms with E-state index in [1.165, 1.54) is 5.56 Å². The van der Waals surface area contributed by atoms with Crippen molar-refractivity contribution in [1.29, 1.82) is 0 Å². The minimum atomic E-state index is 0.535. The first kappa shape index (κ1) is 17.0. The third-order valence-corrected chi connectivity index (χ3v) is 3.55. The van der Waals surface area contributed by atoms with Crippen molar-refractivity contribution in [3.8, 4) is 17.2 Å². The largest absolute Gasteiger partial charge is 0.493 e. The van der Waals surface area contributed by atoms with Crippen LogP contribution in [0.25, 0.3) is 0 Å². The molecule has 4 heteroatoms. The van der Waals surface area contributed by atoms with Crippen LogP contribution in [-0.4, -0.2) is 20.3 Å². The third-order valence-electron chi connectivity index (χ3n) is 3.55. The van der Waals surface area contributed by atoms with Gasteiger partial charge >= 0.3 is 0 Å². The highest BCUT2D eigenvalue weighted by molar-refractivity contribution is 5.51. The van der Waals surface area contributed by atoms with Crippen molar-refractivity contribution in [2.24, 2.45) is 0 Å². The Hall–Kier alpha value is -2.36. The highest BCUT2D eigenvalue weighted by Gasteiger charge is 2.04. The van der Waals surface area contributed by atoms with E-state index < -0.39 is 0 Å². The van der Waals surface area contributed by atoms with E-state index in [2.05, 4.69) is 26.0 Å². The van der Waals surface area contributed by atoms with Crippen LogP contribution >= 0.6 is 0 Å². The Morgan fingerprint density at radius 2 is 1.61 bits per heavy atom. The average molecular weight is 315 g/mol. The second kappa shape index (κ2) is 8.32. The van der Waals surface area contributed by atoms with Gasteiger partial charge in [-0.25, -0.2) is 0 Å². The monoisotopic (exact) mass is 315 g/mol. The summed E-state index contributed by atoms with van der Waals surface area (Å²) in [6, 6.07) is 13.6. The highest BCUT2D eigenvalue weighted by Crippen LogP contribution is 2.29. The lowest BCUT2D eigenvalue weighted by Crippen LogP contribution is -2.06. The summed E-state index contributed by atoms with van der Waals surface area (Å²) >= 11 is 0. The number of rotatable bonds is 8. The van der Waals surface area contributed by atoms with E-state index >= 15 is 0 Å². The van der Waals surface area contributed by atoms with E-state index in [-0.39, 0.29) is 0 Å². The Kier molecular flexibility index (Phi) is 6.15. The van der Waals surface area contributed by atoms with Gasteiger partial charge in [0.25, 0.3) is 0 Å². The third kappa shape index (κ3) is 5.09. The van der Waals surface area contributed by atoms with Gasteiger partial charge < -0.3 is 19.9 Å². The first-order chi connectivity index (χ1) is 11.1. The zero-order chi connectivity index (χ0) is 16.7. The molecular formula is C19H25NO3. The van der Waals surface area contributed by atoms with E-state index in [4.69, 9.17) is 19.9 Å². The molecule has 0 atom stereocenters. The first-order valence-corrected chi connectivity index (χ1v) is 7.89. The topological polar surface area (TPSA) is 53.7 Å². The smallest absolute Gasteiger partial charge is 0.162 e. The number of benzene rings is 2. The molecule has 2 rings (SSSR count). The molecule has 0 fully saturated rings. The molecule has 0 aliphatic rings. The molecule has 0 bridgehead atoms. The van der Waals surface area contributed by atoms with Crippen LogP contribution in [0.2, 0.25) is 0 Å². The fourth-order valence-corrected chi connectivity index (χ4v) is 2.18. The second-order valence-electron chi connectivity index (χ2n) is 5.68. The maximum atomic E-state index is 5.72. The number of nitrogens with two attached hydrogens (primary N) is 1. The van der Waals surface area contributed by atoms with Crippen molar-refractivity contribution >= 4 is 5.69 Å². The van der Waals surface area contributed by atoms with E-state index in [1.807, 2.05) is 18.2 Å². The second-order valence-corrected chi connectivity index (χ2v) is 5.68. The van der Waals surface area contributed by atoms with Gasteiger partial charge in [-0.15, -0.1) is 0 Å². The van der Waals surface area contributed by atoms with Crippen LogP contribution in [0.1, 0.15) is 31.7 Å². The molecule has 2 aromatic carbocycles. The molecule has 23 heavy (non-hydrogen) atoms. The lowest BCUT2D eigenvalue weighted by molar-refractivity contribution is 0.240. The molecule has 0 heterocycles. The van der Waals surface area contributed by atoms with Gasteiger partial charge in [-0.1, -0.05) is 26.0 Å². The quantitative estimate of drug-likeness (QED) is 0.584. The maximum absolute atomic E-state index is 5.72. The minimum absolute atomic E-state index is 0.535. The SMILES string of the molecule is COc1cc(N)ccc1OCCCOc1ccc(C(C)C)cc1. The molecule has 0 saturated carbocycles. The van der Waals surface area contributed by atoms with Crippen LogP contribution in [0.4, 0.5) is 5.69 Å². The molecule has 4 nitrogen and oxygen atoms in total. The summed E-state index contributed by atoms with van der Waals surface area (Å²) in [6.07, 6.45) is 0.791. The number of ether oxygens (including phenoxy) is 3. The van der Waals surface area contributed by atoms with Gasteiger partial charge in [0.15, 0.2) is 11.5 Å². The molecule has 0 aliphatic heterocycles. The Morgan fingerprint density at radius 3 is 2.26 bits per heavy atom. The Morgan fingerprint density at radius 1 is 0.913 bits per heavy atom. The molecular weight excluding hydrogens is 290 g/mol. The van der Waals surface area contributed by atoms with E-state index in [1.54, 1.807) is 19.2 Å². The predicted octanol–water partition coefficient (Wildman–Crippen LogP) is 4.25. The fourth-order valence-electron chi connectivity index (χ4n) is 2.18. The van der Waals surface area contributed by atoms with Crippen LogP contribution in [-0.2, 0) is 0 Å². The number of anilines is 1. The zero-order valence-corrected chi connectivity index (χ0v) is 14.0. The van der Waals surface area contributed by atoms with Crippen molar-refractivity contribution < 1.29 is 14.2 Å². The molecule has 2 N–H and O–H groups in total. The predicted molar refractivity (Wildman–Crippen MR) is 93.5 cm³/mol. The van der Waals surface area contributed by atoms with Gasteiger partial charge in [-0.3, -0.25) is 0 Å². The summed E-state index contributed by atoms with van der Waals surface area (Å²) < 4.78 is 16.7. The Balaban J connectivity index is 1.73. The van der Waals surface area contributed by atoms with Gasteiger partial charge in [-0.05, 0) is 35.7 Å². The van der Waals surface area contributed by atoms with Crippen LogP contribution in [0.5, 0.6) is 17.2 Å². The van der Waals surface area contributed by atoms with Gasteiger partial charge in [0, 0.05) is 18.2 Å². The summed E-state index contributed by atoms with van der Waals surface area (Å²) in [5.41, 5.74) is 7.69. The molecule has 0 amide bonds. The van der Waals surface area contributed by atoms with Crippen molar-refractivity contribution in [3.05, 3.63) is 48.0 Å². The lowest BCUT2D eigenvalue weighted by Gasteiger charge is -2.12. The molecule has 0 aliphatic carbocycles. The Bertz CT molecular complexity index is 609. The van der Waals surface area contributed by atoms with Crippen molar-refractivity contribution in [3.63, 3.8) is 0 Å². The van der Waals surface area contributed by atoms with E-state index in [0.29, 0.717) is 36.3 Å². The van der Waals surface area contributed by atoms with Crippen LogP contribution < -0.4 is 19.9 Å². The number of nitrogen functional groups attached to an aromatic ring is 1. The fraction of sp³-hybridized carbons (Fsp3) is 0.368. The van der Waals surface area contributed by atoms with Crippen LogP contribution in [0, 0.1) is 0 Å². The molecule has 0 radical (unpaired) electrons. The minimum Gasteiger partial charge on any atom is -0.493 e. The standard InChI is InChI=1S/C19H25NO3/c1-14(2)15-5-8-17(9-6-15)22-11-4-12-23-18-10-7-16(20)13-19(18)21-3/h5-10,13-14H,4,11-12,20H2,1-3H3. The lowest BCUT2D eigenvalue weighted by atomic mass is 10.0. The summed E-state index contributed by atoms with van der Waals surface area (Å²) in [5, 5.41) is 0.